The number of ether oxygens (including phenoxy) is 1. The molecule has 3 aliphatic heterocycles. The van der Waals surface area contributed by atoms with Gasteiger partial charge in [0.15, 0.2) is 0 Å². The van der Waals surface area contributed by atoms with Crippen LogP contribution in [-0.2, 0) is 24.9 Å². The van der Waals surface area contributed by atoms with Crippen LogP contribution >= 0.6 is 0 Å². The number of alkyl halides is 3. The summed E-state index contributed by atoms with van der Waals surface area (Å²) in [6.45, 7) is 2.97. The lowest BCUT2D eigenvalue weighted by Crippen LogP contribution is -2.53. The van der Waals surface area contributed by atoms with Gasteiger partial charge in [0, 0.05) is 38.0 Å². The van der Waals surface area contributed by atoms with Gasteiger partial charge in [-0.25, -0.2) is 0 Å². The third-order valence-corrected chi connectivity index (χ3v) is 7.38. The van der Waals surface area contributed by atoms with Gasteiger partial charge in [0.1, 0.15) is 11.9 Å². The van der Waals surface area contributed by atoms with Crippen molar-refractivity contribution in [3.63, 3.8) is 0 Å². The fraction of sp³-hybridized carbons (Fsp3) is 0.522. The van der Waals surface area contributed by atoms with E-state index < -0.39 is 12.2 Å². The average molecular weight is 474 g/mol. The number of aromatic nitrogens is 4. The first-order chi connectivity index (χ1) is 16.1. The highest BCUT2D eigenvalue weighted by atomic mass is 19.4. The minimum Gasteiger partial charge on any atom is -0.374 e. The summed E-state index contributed by atoms with van der Waals surface area (Å²) in [6, 6.07) is 7.11. The Kier molecular flexibility index (Phi) is 4.55. The number of anilines is 2. The van der Waals surface area contributed by atoms with Crippen molar-refractivity contribution < 1.29 is 17.9 Å². The van der Waals surface area contributed by atoms with E-state index >= 15 is 0 Å². The van der Waals surface area contributed by atoms with Crippen LogP contribution in [0.3, 0.4) is 0 Å². The van der Waals surface area contributed by atoms with E-state index in [9.17, 15) is 18.0 Å². The fourth-order valence-corrected chi connectivity index (χ4v) is 5.69. The molecular formula is C23H25F3N6O2. The van der Waals surface area contributed by atoms with Crippen LogP contribution in [-0.4, -0.2) is 56.3 Å². The predicted molar refractivity (Wildman–Crippen MR) is 120 cm³/mol. The molecule has 0 radical (unpaired) electrons. The van der Waals surface area contributed by atoms with Crippen LogP contribution in [0.25, 0.3) is 10.9 Å². The summed E-state index contributed by atoms with van der Waals surface area (Å²) in [4.78, 5) is 20.9. The summed E-state index contributed by atoms with van der Waals surface area (Å²) >= 11 is 0. The number of benzene rings is 1. The highest BCUT2D eigenvalue weighted by molar-refractivity contribution is 5.82. The molecule has 3 aromatic rings. The number of hydrogen-bond donors (Lipinski definition) is 0. The number of rotatable bonds is 3. The summed E-state index contributed by atoms with van der Waals surface area (Å²) in [5, 5.41) is 5.28. The molecule has 8 nitrogen and oxygen atoms in total. The molecule has 3 aliphatic rings. The maximum absolute atomic E-state index is 14.2. The molecule has 2 fully saturated rings. The van der Waals surface area contributed by atoms with Gasteiger partial charge < -0.3 is 14.5 Å². The lowest BCUT2D eigenvalue weighted by Gasteiger charge is -2.40. The van der Waals surface area contributed by atoms with E-state index in [0.29, 0.717) is 24.7 Å². The van der Waals surface area contributed by atoms with Gasteiger partial charge in [-0.15, -0.1) is 0 Å². The standard InChI is InChI=1S/C23H25F3N6O2/c1-22-10-14(34-13-22)11-32(22)19-9-20(33)30-8-7-18(23(24,25)26)31(21(30)27-19)12-16-15-5-3-4-6-17(15)29(2)28-16/h3-6,9,14,18H,7-8,10-13H2,1-2H3/t14-,18-,22?/m0/s1. The van der Waals surface area contributed by atoms with Gasteiger partial charge in [0.05, 0.1) is 36.0 Å². The Morgan fingerprint density at radius 3 is 2.76 bits per heavy atom. The molecule has 2 bridgehead atoms. The fourth-order valence-electron chi connectivity index (χ4n) is 5.69. The molecule has 34 heavy (non-hydrogen) atoms. The van der Waals surface area contributed by atoms with Crippen molar-refractivity contribution in [2.24, 2.45) is 7.05 Å². The van der Waals surface area contributed by atoms with Gasteiger partial charge in [0.25, 0.3) is 5.56 Å². The minimum atomic E-state index is -4.48. The zero-order chi connectivity index (χ0) is 23.8. The number of para-hydroxylation sites is 1. The smallest absolute Gasteiger partial charge is 0.374 e. The Labute approximate surface area is 193 Å². The largest absolute Gasteiger partial charge is 0.408 e. The van der Waals surface area contributed by atoms with Crippen LogP contribution in [0, 0.1) is 0 Å². The Morgan fingerprint density at radius 1 is 1.26 bits per heavy atom. The first-order valence-electron chi connectivity index (χ1n) is 11.4. The molecular weight excluding hydrogens is 449 g/mol. The van der Waals surface area contributed by atoms with E-state index in [4.69, 9.17) is 4.74 Å². The van der Waals surface area contributed by atoms with E-state index in [0.717, 1.165) is 17.3 Å². The second kappa shape index (κ2) is 7.21. The Bertz CT molecular complexity index is 1330. The first kappa shape index (κ1) is 21.5. The maximum Gasteiger partial charge on any atom is 0.408 e. The number of fused-ring (bicyclic) bond motifs is 4. The number of hydrogen-bond acceptors (Lipinski definition) is 6. The first-order valence-corrected chi connectivity index (χ1v) is 11.4. The van der Waals surface area contributed by atoms with E-state index in [2.05, 4.69) is 10.1 Å². The van der Waals surface area contributed by atoms with Gasteiger partial charge in [-0.2, -0.15) is 23.3 Å². The molecule has 0 amide bonds. The molecule has 0 N–H and O–H groups in total. The summed E-state index contributed by atoms with van der Waals surface area (Å²) in [6.07, 6.45) is -3.85. The van der Waals surface area contributed by atoms with E-state index in [1.54, 1.807) is 11.7 Å². The van der Waals surface area contributed by atoms with Gasteiger partial charge >= 0.3 is 6.18 Å². The third kappa shape index (κ3) is 3.20. The van der Waals surface area contributed by atoms with Crippen LogP contribution in [0.2, 0.25) is 0 Å². The van der Waals surface area contributed by atoms with Gasteiger partial charge in [-0.1, -0.05) is 18.2 Å². The van der Waals surface area contributed by atoms with Crippen LogP contribution in [0.15, 0.2) is 35.1 Å². The molecule has 180 valence electrons. The molecule has 0 saturated carbocycles. The zero-order valence-electron chi connectivity index (χ0n) is 18.9. The summed E-state index contributed by atoms with van der Waals surface area (Å²) in [5.41, 5.74) is 0.686. The Balaban J connectivity index is 1.47. The zero-order valence-corrected chi connectivity index (χ0v) is 18.9. The van der Waals surface area contributed by atoms with Crippen molar-refractivity contribution in [1.29, 1.82) is 0 Å². The molecule has 0 spiro atoms. The molecule has 11 heteroatoms. The molecule has 1 unspecified atom stereocenters. The molecule has 5 heterocycles. The van der Waals surface area contributed by atoms with Gasteiger partial charge in [-0.05, 0) is 19.4 Å². The number of morpholine rings is 1. The van der Waals surface area contributed by atoms with Crippen molar-refractivity contribution in [2.75, 3.05) is 23.0 Å². The summed E-state index contributed by atoms with van der Waals surface area (Å²) in [5.74, 6) is 0.446. The van der Waals surface area contributed by atoms with Crippen LogP contribution in [0.5, 0.6) is 0 Å². The highest BCUT2D eigenvalue weighted by Gasteiger charge is 2.51. The third-order valence-electron chi connectivity index (χ3n) is 7.38. The quantitative estimate of drug-likeness (QED) is 0.582. The second-order valence-electron chi connectivity index (χ2n) is 9.71. The molecule has 1 aromatic carbocycles. The molecule has 3 atom stereocenters. The van der Waals surface area contributed by atoms with Crippen molar-refractivity contribution in [3.8, 4) is 0 Å². The Hall–Kier alpha value is -3.08. The van der Waals surface area contributed by atoms with Crippen molar-refractivity contribution >= 4 is 22.7 Å². The number of halogens is 3. The normalized spacial score (nSPS) is 26.5. The topological polar surface area (TPSA) is 68.4 Å². The van der Waals surface area contributed by atoms with Gasteiger partial charge in [0.2, 0.25) is 5.95 Å². The lowest BCUT2D eigenvalue weighted by atomic mass is 10.0. The lowest BCUT2D eigenvalue weighted by molar-refractivity contribution is -0.153. The van der Waals surface area contributed by atoms with Gasteiger partial charge in [-0.3, -0.25) is 14.0 Å². The number of nitrogens with zero attached hydrogens (tertiary/aromatic N) is 6. The predicted octanol–water partition coefficient (Wildman–Crippen LogP) is 2.84. The molecule has 2 aromatic heterocycles. The van der Waals surface area contributed by atoms with Crippen LogP contribution in [0.4, 0.5) is 24.9 Å². The maximum atomic E-state index is 14.2. The van der Waals surface area contributed by atoms with Crippen LogP contribution in [0.1, 0.15) is 25.5 Å². The minimum absolute atomic E-state index is 0.0336. The number of aryl methyl sites for hydroxylation is 1. The highest BCUT2D eigenvalue weighted by Crippen LogP contribution is 2.41. The Morgan fingerprint density at radius 2 is 2.06 bits per heavy atom. The molecule has 2 saturated heterocycles. The van der Waals surface area contributed by atoms with E-state index in [1.165, 1.54) is 15.5 Å². The monoisotopic (exact) mass is 474 g/mol. The average Bonchev–Trinajstić information content (AvgIpc) is 3.43. The second-order valence-corrected chi connectivity index (χ2v) is 9.71. The summed E-state index contributed by atoms with van der Waals surface area (Å²) in [7, 11) is 1.77. The SMILES string of the molecule is Cn1nc(CN2c3nc(N4C[C@@H]5CC4(C)CO5)cc(=O)n3CC[C@H]2C(F)(F)F)c2ccccc21. The molecule has 0 aliphatic carbocycles. The molecule has 6 rings (SSSR count). The van der Waals surface area contributed by atoms with E-state index in [1.807, 2.05) is 36.1 Å². The van der Waals surface area contributed by atoms with Crippen molar-refractivity contribution in [2.45, 2.75) is 56.7 Å². The van der Waals surface area contributed by atoms with Crippen molar-refractivity contribution in [3.05, 3.63) is 46.4 Å². The van der Waals surface area contributed by atoms with Crippen molar-refractivity contribution in [1.82, 2.24) is 19.3 Å². The van der Waals surface area contributed by atoms with E-state index in [-0.39, 0.29) is 42.7 Å². The van der Waals surface area contributed by atoms with Crippen LogP contribution < -0.4 is 15.4 Å². The summed E-state index contributed by atoms with van der Waals surface area (Å²) < 4.78 is 51.3.